The molecule has 0 heterocycles. The summed E-state index contributed by atoms with van der Waals surface area (Å²) in [7, 11) is 0. The summed E-state index contributed by atoms with van der Waals surface area (Å²) < 4.78 is 0. The van der Waals surface area contributed by atoms with Crippen LogP contribution in [0.25, 0.3) is 0 Å². The van der Waals surface area contributed by atoms with Crippen molar-refractivity contribution in [2.45, 2.75) is 45.6 Å². The van der Waals surface area contributed by atoms with Crippen LogP contribution in [0.4, 0.5) is 0 Å². The van der Waals surface area contributed by atoms with Gasteiger partial charge in [0.2, 0.25) is 0 Å². The molecular formula is C20H27N. The molecule has 2 aromatic carbocycles. The molecule has 0 aliphatic carbocycles. The van der Waals surface area contributed by atoms with Crippen LogP contribution in [0.5, 0.6) is 0 Å². The highest BCUT2D eigenvalue weighted by Gasteiger charge is 2.08. The van der Waals surface area contributed by atoms with Crippen LogP contribution in [0.2, 0.25) is 0 Å². The Hall–Kier alpha value is -1.60. The van der Waals surface area contributed by atoms with Crippen LogP contribution in [-0.4, -0.2) is 12.6 Å². The van der Waals surface area contributed by atoms with Crippen molar-refractivity contribution >= 4 is 0 Å². The zero-order valence-electron chi connectivity index (χ0n) is 13.3. The number of hydrogen-bond acceptors (Lipinski definition) is 1. The first kappa shape index (κ1) is 15.8. The molecule has 1 nitrogen and oxygen atoms in total. The van der Waals surface area contributed by atoms with E-state index in [1.54, 1.807) is 0 Å². The fraction of sp³-hybridized carbons (Fsp3) is 0.400. The van der Waals surface area contributed by atoms with Crippen LogP contribution >= 0.6 is 0 Å². The molecule has 0 aliphatic rings. The summed E-state index contributed by atoms with van der Waals surface area (Å²) in [6.45, 7) is 5.46. The topological polar surface area (TPSA) is 12.0 Å². The van der Waals surface area contributed by atoms with Crippen molar-refractivity contribution in [3.8, 4) is 0 Å². The van der Waals surface area contributed by atoms with Crippen molar-refractivity contribution in [1.82, 2.24) is 5.32 Å². The minimum atomic E-state index is 0.606. The standard InChI is InChI=1S/C20H27N/c1-3-21-20(15-13-18-10-5-4-6-11-18)16-14-19-12-8-7-9-17(19)2/h4-12,20-21H,3,13-16H2,1-2H3. The van der Waals surface area contributed by atoms with Gasteiger partial charge in [-0.2, -0.15) is 0 Å². The quantitative estimate of drug-likeness (QED) is 0.749. The predicted molar refractivity (Wildman–Crippen MR) is 91.7 cm³/mol. The van der Waals surface area contributed by atoms with E-state index in [9.17, 15) is 0 Å². The van der Waals surface area contributed by atoms with Crippen LogP contribution in [0.3, 0.4) is 0 Å². The molecule has 0 saturated heterocycles. The summed E-state index contributed by atoms with van der Waals surface area (Å²) in [5.74, 6) is 0. The molecule has 0 saturated carbocycles. The minimum Gasteiger partial charge on any atom is -0.314 e. The van der Waals surface area contributed by atoms with E-state index in [4.69, 9.17) is 0 Å². The van der Waals surface area contributed by atoms with E-state index in [0.717, 1.165) is 13.0 Å². The number of aryl methyl sites for hydroxylation is 3. The van der Waals surface area contributed by atoms with E-state index in [-0.39, 0.29) is 0 Å². The van der Waals surface area contributed by atoms with Crippen LogP contribution in [-0.2, 0) is 12.8 Å². The number of nitrogens with one attached hydrogen (secondary N) is 1. The summed E-state index contributed by atoms with van der Waals surface area (Å²) in [4.78, 5) is 0. The van der Waals surface area contributed by atoms with E-state index in [0.29, 0.717) is 6.04 Å². The predicted octanol–water partition coefficient (Wildman–Crippen LogP) is 4.54. The van der Waals surface area contributed by atoms with Crippen LogP contribution in [0, 0.1) is 6.92 Å². The van der Waals surface area contributed by atoms with E-state index < -0.39 is 0 Å². The van der Waals surface area contributed by atoms with Crippen LogP contribution in [0.1, 0.15) is 36.5 Å². The Morgan fingerprint density at radius 2 is 1.52 bits per heavy atom. The maximum atomic E-state index is 3.64. The first-order valence-corrected chi connectivity index (χ1v) is 8.11. The lowest BCUT2D eigenvalue weighted by Crippen LogP contribution is -2.30. The normalized spacial score (nSPS) is 12.3. The van der Waals surface area contributed by atoms with Gasteiger partial charge in [0.05, 0.1) is 0 Å². The maximum absolute atomic E-state index is 3.64. The van der Waals surface area contributed by atoms with Crippen molar-refractivity contribution in [3.63, 3.8) is 0 Å². The zero-order chi connectivity index (χ0) is 14.9. The molecule has 1 unspecified atom stereocenters. The first-order valence-electron chi connectivity index (χ1n) is 8.11. The molecule has 0 aliphatic heterocycles. The average Bonchev–Trinajstić information content (AvgIpc) is 2.52. The number of rotatable bonds is 8. The van der Waals surface area contributed by atoms with Crippen molar-refractivity contribution in [2.75, 3.05) is 6.54 Å². The summed E-state index contributed by atoms with van der Waals surface area (Å²) in [6.07, 6.45) is 4.75. The molecule has 0 bridgehead atoms. The van der Waals surface area contributed by atoms with E-state index in [1.807, 2.05) is 0 Å². The van der Waals surface area contributed by atoms with Gasteiger partial charge in [-0.1, -0.05) is 61.5 Å². The van der Waals surface area contributed by atoms with Gasteiger partial charge in [-0.15, -0.1) is 0 Å². The molecular weight excluding hydrogens is 254 g/mol. The second-order valence-electron chi connectivity index (χ2n) is 5.74. The molecule has 0 spiro atoms. The molecule has 0 amide bonds. The molecule has 2 aromatic rings. The largest absolute Gasteiger partial charge is 0.314 e. The molecule has 0 radical (unpaired) electrons. The van der Waals surface area contributed by atoms with Gasteiger partial charge in [0.15, 0.2) is 0 Å². The van der Waals surface area contributed by atoms with Gasteiger partial charge >= 0.3 is 0 Å². The SMILES string of the molecule is CCNC(CCc1ccccc1)CCc1ccccc1C. The minimum absolute atomic E-state index is 0.606. The summed E-state index contributed by atoms with van der Waals surface area (Å²) in [5.41, 5.74) is 4.34. The molecule has 112 valence electrons. The third-order valence-corrected chi connectivity index (χ3v) is 4.14. The van der Waals surface area contributed by atoms with Crippen molar-refractivity contribution < 1.29 is 0 Å². The van der Waals surface area contributed by atoms with E-state index in [1.165, 1.54) is 36.0 Å². The lowest BCUT2D eigenvalue weighted by Gasteiger charge is -2.18. The Morgan fingerprint density at radius 1 is 0.857 bits per heavy atom. The maximum Gasteiger partial charge on any atom is 0.00732 e. The second kappa shape index (κ2) is 8.63. The van der Waals surface area contributed by atoms with Gasteiger partial charge < -0.3 is 5.32 Å². The highest BCUT2D eigenvalue weighted by atomic mass is 14.9. The molecule has 2 rings (SSSR count). The molecule has 0 fully saturated rings. The Labute approximate surface area is 129 Å². The van der Waals surface area contributed by atoms with Crippen molar-refractivity contribution in [2.24, 2.45) is 0 Å². The fourth-order valence-electron chi connectivity index (χ4n) is 2.84. The smallest absolute Gasteiger partial charge is 0.00732 e. The Morgan fingerprint density at radius 3 is 2.24 bits per heavy atom. The number of benzene rings is 2. The Balaban J connectivity index is 1.85. The van der Waals surface area contributed by atoms with Crippen LogP contribution < -0.4 is 5.32 Å². The third-order valence-electron chi connectivity index (χ3n) is 4.14. The molecule has 21 heavy (non-hydrogen) atoms. The second-order valence-corrected chi connectivity index (χ2v) is 5.74. The zero-order valence-corrected chi connectivity index (χ0v) is 13.3. The third kappa shape index (κ3) is 5.35. The van der Waals surface area contributed by atoms with Gasteiger partial charge in [0.1, 0.15) is 0 Å². The lowest BCUT2D eigenvalue weighted by molar-refractivity contribution is 0.464. The van der Waals surface area contributed by atoms with Crippen LogP contribution in [0.15, 0.2) is 54.6 Å². The first-order chi connectivity index (χ1) is 10.3. The molecule has 0 aromatic heterocycles. The van der Waals surface area contributed by atoms with Gasteiger partial charge in [-0.25, -0.2) is 0 Å². The van der Waals surface area contributed by atoms with Crippen molar-refractivity contribution in [1.29, 1.82) is 0 Å². The van der Waals surface area contributed by atoms with Gasteiger partial charge in [0, 0.05) is 6.04 Å². The van der Waals surface area contributed by atoms with E-state index >= 15 is 0 Å². The van der Waals surface area contributed by atoms with Gasteiger partial charge in [-0.3, -0.25) is 0 Å². The summed E-state index contributed by atoms with van der Waals surface area (Å²) in [5, 5.41) is 3.64. The monoisotopic (exact) mass is 281 g/mol. The molecule has 1 atom stereocenters. The summed E-state index contributed by atoms with van der Waals surface area (Å²) in [6, 6.07) is 20.1. The molecule has 1 heteroatoms. The van der Waals surface area contributed by atoms with Crippen molar-refractivity contribution in [3.05, 3.63) is 71.3 Å². The van der Waals surface area contributed by atoms with Gasteiger partial charge in [-0.05, 0) is 55.8 Å². The highest BCUT2D eigenvalue weighted by Crippen LogP contribution is 2.13. The summed E-state index contributed by atoms with van der Waals surface area (Å²) >= 11 is 0. The lowest BCUT2D eigenvalue weighted by atomic mass is 9.97. The number of hydrogen-bond donors (Lipinski definition) is 1. The fourth-order valence-corrected chi connectivity index (χ4v) is 2.84. The Kier molecular flexibility index (Phi) is 6.49. The Bertz CT molecular complexity index is 518. The highest BCUT2D eigenvalue weighted by molar-refractivity contribution is 5.25. The van der Waals surface area contributed by atoms with Gasteiger partial charge in [0.25, 0.3) is 0 Å². The average molecular weight is 281 g/mol. The van der Waals surface area contributed by atoms with E-state index in [2.05, 4.69) is 73.8 Å². The molecule has 1 N–H and O–H groups in total.